The molecule has 0 aliphatic rings. The number of anilines is 1. The highest BCUT2D eigenvalue weighted by atomic mass is 32.2. The lowest BCUT2D eigenvalue weighted by atomic mass is 10.0. The van der Waals surface area contributed by atoms with Crippen molar-refractivity contribution < 1.29 is 13.2 Å². The van der Waals surface area contributed by atoms with E-state index in [-0.39, 0.29) is 11.3 Å². The van der Waals surface area contributed by atoms with Gasteiger partial charge in [0.05, 0.1) is 5.75 Å². The van der Waals surface area contributed by atoms with Gasteiger partial charge in [0.1, 0.15) is 5.75 Å². The van der Waals surface area contributed by atoms with Crippen LogP contribution in [0.15, 0.2) is 47.4 Å². The van der Waals surface area contributed by atoms with Crippen LogP contribution in [0.3, 0.4) is 0 Å². The van der Waals surface area contributed by atoms with Gasteiger partial charge in [0, 0.05) is 25.0 Å². The van der Waals surface area contributed by atoms with Crippen molar-refractivity contribution in [3.63, 3.8) is 0 Å². The molecule has 0 saturated carbocycles. The molecule has 0 radical (unpaired) electrons. The Bertz CT molecular complexity index is 930. The highest BCUT2D eigenvalue weighted by Gasteiger charge is 2.18. The second-order valence-corrected chi connectivity index (χ2v) is 8.41. The van der Waals surface area contributed by atoms with E-state index in [1.54, 1.807) is 19.2 Å². The van der Waals surface area contributed by atoms with E-state index in [2.05, 4.69) is 5.32 Å². The number of carbonyl (C=O) groups is 1. The number of hydrogen-bond acceptors (Lipinski definition) is 4. The van der Waals surface area contributed by atoms with Crippen LogP contribution in [0.5, 0.6) is 0 Å². The number of pyridine rings is 1. The van der Waals surface area contributed by atoms with E-state index in [1.165, 1.54) is 16.8 Å². The molecule has 1 heterocycles. The number of nitrogens with one attached hydrogen (secondary N) is 1. The van der Waals surface area contributed by atoms with E-state index in [4.69, 9.17) is 0 Å². The van der Waals surface area contributed by atoms with E-state index in [0.717, 1.165) is 5.56 Å². The van der Waals surface area contributed by atoms with Crippen molar-refractivity contribution in [3.8, 4) is 0 Å². The van der Waals surface area contributed by atoms with Crippen molar-refractivity contribution in [2.24, 2.45) is 7.05 Å². The smallest absolute Gasteiger partial charge is 0.250 e. The van der Waals surface area contributed by atoms with Crippen LogP contribution in [0.25, 0.3) is 0 Å². The van der Waals surface area contributed by atoms with Crippen LogP contribution in [0.4, 0.5) is 5.69 Å². The van der Waals surface area contributed by atoms with E-state index < -0.39 is 21.5 Å². The molecule has 1 aromatic heterocycles. The van der Waals surface area contributed by atoms with Gasteiger partial charge in [-0.3, -0.25) is 9.59 Å². The van der Waals surface area contributed by atoms with Gasteiger partial charge in [0.2, 0.25) is 5.91 Å². The summed E-state index contributed by atoms with van der Waals surface area (Å²) in [6.45, 7) is 4.07. The molecule has 0 saturated heterocycles. The molecular formula is C18H22N2O4S. The Morgan fingerprint density at radius 2 is 1.92 bits per heavy atom. The average molecular weight is 362 g/mol. The molecule has 2 rings (SSSR count). The zero-order chi connectivity index (χ0) is 18.6. The number of carbonyl (C=O) groups excluding carboxylic acids is 1. The van der Waals surface area contributed by atoms with Gasteiger partial charge in [-0.15, -0.1) is 0 Å². The predicted octanol–water partition coefficient (Wildman–Crippen LogP) is 2.06. The Hall–Kier alpha value is -2.41. The van der Waals surface area contributed by atoms with Crippen molar-refractivity contribution in [2.45, 2.75) is 25.5 Å². The summed E-state index contributed by atoms with van der Waals surface area (Å²) in [5, 5.41) is 2.62. The molecule has 1 amide bonds. The Morgan fingerprint density at radius 1 is 1.20 bits per heavy atom. The first-order chi connectivity index (χ1) is 11.7. The Balaban J connectivity index is 2.04. The highest BCUT2D eigenvalue weighted by Crippen LogP contribution is 2.18. The lowest BCUT2D eigenvalue weighted by Crippen LogP contribution is -2.24. The molecule has 0 spiro atoms. The fourth-order valence-electron chi connectivity index (χ4n) is 2.36. The van der Waals surface area contributed by atoms with Gasteiger partial charge < -0.3 is 9.88 Å². The van der Waals surface area contributed by atoms with Gasteiger partial charge in [-0.1, -0.05) is 26.0 Å². The quantitative estimate of drug-likeness (QED) is 0.852. The summed E-state index contributed by atoms with van der Waals surface area (Å²) in [5.41, 5.74) is 1.71. The summed E-state index contributed by atoms with van der Waals surface area (Å²) in [6.07, 6.45) is 1.50. The normalized spacial score (nSPS) is 11.5. The molecule has 1 aromatic carbocycles. The first-order valence-corrected chi connectivity index (χ1v) is 9.74. The second-order valence-electron chi connectivity index (χ2n) is 6.34. The number of rotatable bonds is 6. The maximum Gasteiger partial charge on any atom is 0.250 e. The topological polar surface area (TPSA) is 85.2 Å². The molecular weight excluding hydrogens is 340 g/mol. The van der Waals surface area contributed by atoms with Crippen molar-refractivity contribution in [2.75, 3.05) is 11.1 Å². The van der Waals surface area contributed by atoms with E-state index >= 15 is 0 Å². The summed E-state index contributed by atoms with van der Waals surface area (Å²) >= 11 is 0. The summed E-state index contributed by atoms with van der Waals surface area (Å²) < 4.78 is 25.8. The van der Waals surface area contributed by atoms with Crippen LogP contribution < -0.4 is 10.9 Å². The molecule has 0 unspecified atom stereocenters. The van der Waals surface area contributed by atoms with Gasteiger partial charge in [-0.25, -0.2) is 8.42 Å². The first kappa shape index (κ1) is 18.9. The number of hydrogen-bond donors (Lipinski definition) is 1. The summed E-state index contributed by atoms with van der Waals surface area (Å²) in [6, 6.07) is 10.1. The van der Waals surface area contributed by atoms with Crippen LogP contribution in [0.1, 0.15) is 30.9 Å². The molecule has 0 bridgehead atoms. The SMILES string of the molecule is CC(C)c1cccc(NC(=O)CS(=O)(=O)Cc2ccn(C)c(=O)c2)c1. The van der Waals surface area contributed by atoms with Gasteiger partial charge in [-0.2, -0.15) is 0 Å². The highest BCUT2D eigenvalue weighted by molar-refractivity contribution is 7.91. The minimum atomic E-state index is -3.67. The molecule has 0 aliphatic carbocycles. The lowest BCUT2D eigenvalue weighted by Gasteiger charge is -2.10. The molecule has 25 heavy (non-hydrogen) atoms. The molecule has 1 N–H and O–H groups in total. The Labute approximate surface area is 147 Å². The Morgan fingerprint density at radius 3 is 2.56 bits per heavy atom. The van der Waals surface area contributed by atoms with Gasteiger partial charge >= 0.3 is 0 Å². The molecule has 134 valence electrons. The summed E-state index contributed by atoms with van der Waals surface area (Å²) in [4.78, 5) is 23.6. The molecule has 0 atom stereocenters. The minimum absolute atomic E-state index is 0.289. The molecule has 0 fully saturated rings. The van der Waals surface area contributed by atoms with Gasteiger partial charge in [-0.05, 0) is 35.2 Å². The summed E-state index contributed by atoms with van der Waals surface area (Å²) in [5.74, 6) is -1.26. The second kappa shape index (κ2) is 7.65. The fraction of sp³-hybridized carbons (Fsp3) is 0.333. The standard InChI is InChI=1S/C18H22N2O4S/c1-13(2)15-5-4-6-16(10-15)19-17(21)12-25(23,24)11-14-7-8-20(3)18(22)9-14/h4-10,13H,11-12H2,1-3H3,(H,19,21). The van der Waals surface area contributed by atoms with Crippen molar-refractivity contribution >= 4 is 21.4 Å². The maximum absolute atomic E-state index is 12.2. The van der Waals surface area contributed by atoms with Crippen molar-refractivity contribution in [1.82, 2.24) is 4.57 Å². The van der Waals surface area contributed by atoms with Gasteiger partial charge in [0.15, 0.2) is 9.84 Å². The third kappa shape index (κ3) is 5.56. The predicted molar refractivity (Wildman–Crippen MR) is 98.3 cm³/mol. The molecule has 6 nitrogen and oxygen atoms in total. The molecule has 2 aromatic rings. The summed E-state index contributed by atoms with van der Waals surface area (Å²) in [7, 11) is -2.09. The third-order valence-corrected chi connectivity index (χ3v) is 5.22. The average Bonchev–Trinajstić information content (AvgIpc) is 2.50. The Kier molecular flexibility index (Phi) is 5.79. The number of aromatic nitrogens is 1. The van der Waals surface area contributed by atoms with Crippen molar-refractivity contribution in [3.05, 3.63) is 64.1 Å². The molecule has 0 aliphatic heterocycles. The number of nitrogens with zero attached hydrogens (tertiary/aromatic N) is 1. The van der Waals surface area contributed by atoms with E-state index in [9.17, 15) is 18.0 Å². The van der Waals surface area contributed by atoms with Crippen LogP contribution in [0.2, 0.25) is 0 Å². The first-order valence-electron chi connectivity index (χ1n) is 7.92. The van der Waals surface area contributed by atoms with Crippen LogP contribution in [0, 0.1) is 0 Å². The zero-order valence-electron chi connectivity index (χ0n) is 14.5. The third-order valence-electron chi connectivity index (χ3n) is 3.74. The van der Waals surface area contributed by atoms with Crippen LogP contribution in [-0.2, 0) is 27.4 Å². The van der Waals surface area contributed by atoms with Crippen LogP contribution >= 0.6 is 0 Å². The lowest BCUT2D eigenvalue weighted by molar-refractivity contribution is -0.113. The molecule has 7 heteroatoms. The maximum atomic E-state index is 12.2. The number of aryl methyl sites for hydroxylation is 1. The minimum Gasteiger partial charge on any atom is -0.325 e. The monoisotopic (exact) mass is 362 g/mol. The van der Waals surface area contributed by atoms with E-state index in [0.29, 0.717) is 17.2 Å². The fourth-order valence-corrected chi connectivity index (χ4v) is 3.62. The van der Waals surface area contributed by atoms with Gasteiger partial charge in [0.25, 0.3) is 5.56 Å². The van der Waals surface area contributed by atoms with Crippen molar-refractivity contribution in [1.29, 1.82) is 0 Å². The number of sulfone groups is 1. The zero-order valence-corrected chi connectivity index (χ0v) is 15.3. The van der Waals surface area contributed by atoms with E-state index in [1.807, 2.05) is 32.0 Å². The number of benzene rings is 1. The number of amides is 1. The largest absolute Gasteiger partial charge is 0.325 e. The van der Waals surface area contributed by atoms with Crippen LogP contribution in [-0.4, -0.2) is 24.6 Å².